The Morgan fingerprint density at radius 1 is 0.580 bits per heavy atom. The van der Waals surface area contributed by atoms with Gasteiger partial charge in [0.2, 0.25) is 0 Å². The van der Waals surface area contributed by atoms with Crippen molar-refractivity contribution < 1.29 is 38.2 Å². The maximum atomic E-state index is 12.7. The molecule has 0 amide bonds. The maximum absolute atomic E-state index is 12.7. The summed E-state index contributed by atoms with van der Waals surface area (Å²) in [6, 6.07) is -0.610. The molecule has 0 rings (SSSR count). The molecule has 0 aromatic rings. The number of carbonyl (C=O) groups excluding carboxylic acids is 2. The molecule has 294 valence electrons. The number of aliphatic carboxylic acids is 1. The molecule has 0 aliphatic rings. The second kappa shape index (κ2) is 34.2. The molecule has 1 N–H and O–H groups in total. The molecule has 0 aromatic heterocycles. The van der Waals surface area contributed by atoms with E-state index in [1.165, 1.54) is 116 Å². The van der Waals surface area contributed by atoms with E-state index in [0.717, 1.165) is 38.5 Å². The zero-order valence-electron chi connectivity index (χ0n) is 33.4. The number of esters is 2. The first-order chi connectivity index (χ1) is 24.1. The fourth-order valence-electron chi connectivity index (χ4n) is 6.14. The van der Waals surface area contributed by atoms with Crippen molar-refractivity contribution in [3.63, 3.8) is 0 Å². The number of carbonyl (C=O) groups is 3. The molecule has 0 saturated heterocycles. The minimum atomic E-state index is -0.874. The molecule has 2 unspecified atom stereocenters. The van der Waals surface area contributed by atoms with Crippen molar-refractivity contribution in [1.29, 1.82) is 0 Å². The summed E-state index contributed by atoms with van der Waals surface area (Å²) in [6.07, 6.45) is 33.9. The first-order valence-electron chi connectivity index (χ1n) is 20.7. The molecule has 0 fully saturated rings. The van der Waals surface area contributed by atoms with Gasteiger partial charge in [-0.15, -0.1) is 0 Å². The molecule has 0 aromatic carbocycles. The van der Waals surface area contributed by atoms with Crippen molar-refractivity contribution in [3.8, 4) is 0 Å². The minimum absolute atomic E-state index is 0.0477. The molecule has 50 heavy (non-hydrogen) atoms. The third kappa shape index (κ3) is 32.0. The molecular formula is C42H80NO7+. The van der Waals surface area contributed by atoms with Crippen molar-refractivity contribution >= 4 is 17.9 Å². The molecule has 8 nitrogen and oxygen atoms in total. The zero-order chi connectivity index (χ0) is 37.1. The van der Waals surface area contributed by atoms with Crippen LogP contribution in [0.2, 0.25) is 0 Å². The molecule has 0 spiro atoms. The molecule has 0 radical (unpaired) electrons. The summed E-state index contributed by atoms with van der Waals surface area (Å²) in [5, 5.41) is 9.59. The van der Waals surface area contributed by atoms with E-state index in [-0.39, 0.29) is 36.2 Å². The van der Waals surface area contributed by atoms with Gasteiger partial charge in [-0.25, -0.2) is 4.79 Å². The Morgan fingerprint density at radius 3 is 1.44 bits per heavy atom. The van der Waals surface area contributed by atoms with Crippen LogP contribution in [0.3, 0.4) is 0 Å². The van der Waals surface area contributed by atoms with Crippen molar-refractivity contribution in [2.45, 2.75) is 199 Å². The van der Waals surface area contributed by atoms with Gasteiger partial charge in [0.1, 0.15) is 6.61 Å². The van der Waals surface area contributed by atoms with Crippen LogP contribution >= 0.6 is 0 Å². The fourth-order valence-corrected chi connectivity index (χ4v) is 6.14. The second-order valence-electron chi connectivity index (χ2n) is 15.2. The summed E-state index contributed by atoms with van der Waals surface area (Å²) in [6.45, 7) is 4.71. The number of rotatable bonds is 37. The predicted octanol–water partition coefficient (Wildman–Crippen LogP) is 10.7. The summed E-state index contributed by atoms with van der Waals surface area (Å²) in [5.74, 6) is -1.47. The van der Waals surface area contributed by atoms with Crippen LogP contribution in [0, 0.1) is 0 Å². The van der Waals surface area contributed by atoms with Gasteiger partial charge in [-0.2, -0.15) is 0 Å². The Balaban J connectivity index is 4.32. The topological polar surface area (TPSA) is 99.1 Å². The molecule has 8 heteroatoms. The smallest absolute Gasteiger partial charge is 0.362 e. The van der Waals surface area contributed by atoms with Crippen LogP contribution in [0.5, 0.6) is 0 Å². The molecule has 0 heterocycles. The van der Waals surface area contributed by atoms with Gasteiger partial charge in [-0.05, 0) is 38.5 Å². The lowest BCUT2D eigenvalue weighted by Crippen LogP contribution is -2.50. The zero-order valence-corrected chi connectivity index (χ0v) is 33.4. The lowest BCUT2D eigenvalue weighted by atomic mass is 10.1. The molecule has 0 saturated carbocycles. The van der Waals surface area contributed by atoms with Gasteiger partial charge in [-0.3, -0.25) is 9.59 Å². The third-order valence-electron chi connectivity index (χ3n) is 9.41. The molecular weight excluding hydrogens is 630 g/mol. The summed E-state index contributed by atoms with van der Waals surface area (Å²) >= 11 is 0. The van der Waals surface area contributed by atoms with Crippen LogP contribution in [0.4, 0.5) is 0 Å². The average molecular weight is 711 g/mol. The number of nitrogens with zero attached hydrogens (tertiary/aromatic N) is 1. The van der Waals surface area contributed by atoms with Crippen LogP contribution in [0.25, 0.3) is 0 Å². The highest BCUT2D eigenvalue weighted by Gasteiger charge is 2.31. The van der Waals surface area contributed by atoms with Crippen molar-refractivity contribution in [1.82, 2.24) is 0 Å². The number of unbranched alkanes of at least 4 members (excludes halogenated alkanes) is 21. The Bertz CT molecular complexity index is 838. The van der Waals surface area contributed by atoms with Crippen LogP contribution < -0.4 is 0 Å². The number of likely N-dealkylation sites (N-methyl/N-ethyl adjacent to an activating group) is 1. The lowest BCUT2D eigenvalue weighted by molar-refractivity contribution is -0.887. The molecule has 0 aliphatic carbocycles. The fraction of sp³-hybridized carbons (Fsp3) is 0.881. The second-order valence-corrected chi connectivity index (χ2v) is 15.2. The van der Waals surface area contributed by atoms with Crippen LogP contribution in [0.1, 0.15) is 187 Å². The standard InChI is InChI=1S/C42H79NO7/c1-6-8-10-12-14-16-17-18-19-20-21-22-23-25-27-29-31-33-41(45)50-38(36-48-35-34-39(42(46)47)43(3,4)5)37-49-40(44)32-30-28-26-24-15-13-11-9-7-2/h18-19,38-39H,6-17,20-37H2,1-5H3/p+1/b19-18-. The Hall–Kier alpha value is -1.93. The number of quaternary nitrogens is 1. The van der Waals surface area contributed by atoms with Crippen molar-refractivity contribution in [2.75, 3.05) is 41.0 Å². The Kier molecular flexibility index (Phi) is 32.9. The number of allylic oxidation sites excluding steroid dienone is 2. The van der Waals surface area contributed by atoms with E-state index in [2.05, 4.69) is 26.0 Å². The van der Waals surface area contributed by atoms with Crippen molar-refractivity contribution in [2.24, 2.45) is 0 Å². The van der Waals surface area contributed by atoms with Gasteiger partial charge < -0.3 is 23.8 Å². The number of ether oxygens (including phenoxy) is 3. The number of hydrogen-bond acceptors (Lipinski definition) is 6. The first-order valence-corrected chi connectivity index (χ1v) is 20.7. The third-order valence-corrected chi connectivity index (χ3v) is 9.41. The SMILES string of the molecule is CCCCCCCC/C=C\CCCCCCCCCC(=O)OC(COCCC(C(=O)O)[N+](C)(C)C)COC(=O)CCCCCCCCCCC. The van der Waals surface area contributed by atoms with E-state index in [9.17, 15) is 19.5 Å². The van der Waals surface area contributed by atoms with Gasteiger partial charge in [-0.1, -0.05) is 142 Å². The van der Waals surface area contributed by atoms with Crippen LogP contribution in [-0.4, -0.2) is 80.6 Å². The maximum Gasteiger partial charge on any atom is 0.362 e. The molecule has 0 bridgehead atoms. The quantitative estimate of drug-likeness (QED) is 0.0296. The van der Waals surface area contributed by atoms with Gasteiger partial charge in [0.25, 0.3) is 0 Å². The predicted molar refractivity (Wildman–Crippen MR) is 206 cm³/mol. The minimum Gasteiger partial charge on any atom is -0.477 e. The highest BCUT2D eigenvalue weighted by atomic mass is 16.6. The highest BCUT2D eigenvalue weighted by molar-refractivity contribution is 5.72. The van der Waals surface area contributed by atoms with E-state index in [1.807, 2.05) is 21.1 Å². The van der Waals surface area contributed by atoms with Gasteiger partial charge in [0, 0.05) is 19.3 Å². The monoisotopic (exact) mass is 711 g/mol. The van der Waals surface area contributed by atoms with Crippen LogP contribution in [-0.2, 0) is 28.6 Å². The van der Waals surface area contributed by atoms with E-state index in [4.69, 9.17) is 14.2 Å². The molecule has 0 aliphatic heterocycles. The summed E-state index contributed by atoms with van der Waals surface area (Å²) in [4.78, 5) is 36.8. The van der Waals surface area contributed by atoms with Crippen LogP contribution in [0.15, 0.2) is 12.2 Å². The molecule has 2 atom stereocenters. The average Bonchev–Trinajstić information content (AvgIpc) is 3.06. The summed E-state index contributed by atoms with van der Waals surface area (Å²) in [5.41, 5.74) is 0. The van der Waals surface area contributed by atoms with E-state index in [1.54, 1.807) is 0 Å². The van der Waals surface area contributed by atoms with Gasteiger partial charge in [0.15, 0.2) is 12.1 Å². The largest absolute Gasteiger partial charge is 0.477 e. The number of carboxylic acids is 1. The highest BCUT2D eigenvalue weighted by Crippen LogP contribution is 2.14. The van der Waals surface area contributed by atoms with Gasteiger partial charge in [0.05, 0.1) is 34.4 Å². The number of hydrogen-bond donors (Lipinski definition) is 1. The summed E-state index contributed by atoms with van der Waals surface area (Å²) < 4.78 is 17.2. The van der Waals surface area contributed by atoms with E-state index >= 15 is 0 Å². The summed E-state index contributed by atoms with van der Waals surface area (Å²) in [7, 11) is 5.52. The van der Waals surface area contributed by atoms with E-state index < -0.39 is 18.1 Å². The first kappa shape index (κ1) is 48.1. The Morgan fingerprint density at radius 2 is 1.00 bits per heavy atom. The van der Waals surface area contributed by atoms with Crippen molar-refractivity contribution in [3.05, 3.63) is 12.2 Å². The van der Waals surface area contributed by atoms with E-state index in [0.29, 0.717) is 19.3 Å². The Labute approximate surface area is 308 Å². The lowest BCUT2D eigenvalue weighted by Gasteiger charge is -2.31. The number of carboxylic acid groups (broad SMARTS) is 1. The van der Waals surface area contributed by atoms with Gasteiger partial charge >= 0.3 is 17.9 Å². The normalized spacial score (nSPS) is 13.1.